The highest BCUT2D eigenvalue weighted by Gasteiger charge is 2.25. The van der Waals surface area contributed by atoms with Crippen molar-refractivity contribution in [1.29, 1.82) is 0 Å². The first kappa shape index (κ1) is 22.8. The second-order valence-electron chi connectivity index (χ2n) is 5.48. The standard InChI is InChI=1S/C17H24F5N3O2/c1-3-26-13-8-6-7-12(14(13)27-15(18)19)11-25-16(23-2)24-10-5-4-9-17(20,21)22/h6-8,15H,3-5,9-11H2,1-2H3,(H2,23,24,25). The number of aliphatic imine (C=N–C) groups is 1. The van der Waals surface area contributed by atoms with Crippen LogP contribution in [0.2, 0.25) is 0 Å². The zero-order valence-corrected chi connectivity index (χ0v) is 15.2. The molecule has 0 aromatic heterocycles. The number of nitrogens with one attached hydrogen (secondary N) is 2. The van der Waals surface area contributed by atoms with E-state index in [0.717, 1.165) is 0 Å². The number of alkyl halides is 5. The molecule has 0 unspecified atom stereocenters. The van der Waals surface area contributed by atoms with Gasteiger partial charge in [-0.15, -0.1) is 0 Å². The van der Waals surface area contributed by atoms with Gasteiger partial charge in [0, 0.05) is 32.1 Å². The van der Waals surface area contributed by atoms with Crippen molar-refractivity contribution in [3.8, 4) is 11.5 Å². The quantitative estimate of drug-likeness (QED) is 0.270. The van der Waals surface area contributed by atoms with Gasteiger partial charge in [0.2, 0.25) is 0 Å². The van der Waals surface area contributed by atoms with Crippen LogP contribution in [0.25, 0.3) is 0 Å². The van der Waals surface area contributed by atoms with Gasteiger partial charge in [0.05, 0.1) is 6.61 Å². The summed E-state index contributed by atoms with van der Waals surface area (Å²) in [4.78, 5) is 3.95. The van der Waals surface area contributed by atoms with Crippen LogP contribution in [0.3, 0.4) is 0 Å². The first-order valence-electron chi connectivity index (χ1n) is 8.47. The summed E-state index contributed by atoms with van der Waals surface area (Å²) in [5.74, 6) is 0.474. The van der Waals surface area contributed by atoms with Gasteiger partial charge in [0.25, 0.3) is 0 Å². The molecule has 0 amide bonds. The molecule has 0 radical (unpaired) electrons. The van der Waals surface area contributed by atoms with E-state index < -0.39 is 19.2 Å². The van der Waals surface area contributed by atoms with Gasteiger partial charge in [-0.2, -0.15) is 22.0 Å². The normalized spacial score (nSPS) is 12.2. The molecule has 1 aromatic rings. The van der Waals surface area contributed by atoms with Crippen molar-refractivity contribution in [2.75, 3.05) is 20.2 Å². The topological polar surface area (TPSA) is 54.9 Å². The number of rotatable bonds is 10. The van der Waals surface area contributed by atoms with Crippen LogP contribution in [-0.2, 0) is 6.54 Å². The Morgan fingerprint density at radius 1 is 1.19 bits per heavy atom. The minimum atomic E-state index is -4.16. The van der Waals surface area contributed by atoms with E-state index in [1.807, 2.05) is 0 Å². The molecule has 0 aliphatic carbocycles. The van der Waals surface area contributed by atoms with Crippen LogP contribution in [0.4, 0.5) is 22.0 Å². The lowest BCUT2D eigenvalue weighted by Gasteiger charge is -2.17. The van der Waals surface area contributed by atoms with Crippen molar-refractivity contribution in [2.45, 2.75) is 45.5 Å². The molecule has 10 heteroatoms. The number of ether oxygens (including phenoxy) is 2. The van der Waals surface area contributed by atoms with Crippen molar-refractivity contribution in [1.82, 2.24) is 10.6 Å². The first-order chi connectivity index (χ1) is 12.8. The minimum absolute atomic E-state index is 0.0102. The number of nitrogens with zero attached hydrogens (tertiary/aromatic N) is 1. The Labute approximate surface area is 154 Å². The molecule has 0 aliphatic rings. The minimum Gasteiger partial charge on any atom is -0.490 e. The van der Waals surface area contributed by atoms with Gasteiger partial charge in [-0.1, -0.05) is 12.1 Å². The summed E-state index contributed by atoms with van der Waals surface area (Å²) < 4.78 is 71.6. The first-order valence-corrected chi connectivity index (χ1v) is 8.47. The van der Waals surface area contributed by atoms with Gasteiger partial charge in [-0.3, -0.25) is 4.99 Å². The molecule has 27 heavy (non-hydrogen) atoms. The molecule has 5 nitrogen and oxygen atoms in total. The van der Waals surface area contributed by atoms with Crippen LogP contribution in [0, 0.1) is 0 Å². The summed E-state index contributed by atoms with van der Waals surface area (Å²) in [5, 5.41) is 5.79. The Morgan fingerprint density at radius 2 is 1.93 bits per heavy atom. The van der Waals surface area contributed by atoms with Gasteiger partial charge in [-0.25, -0.2) is 0 Å². The van der Waals surface area contributed by atoms with E-state index in [-0.39, 0.29) is 31.1 Å². The molecule has 0 heterocycles. The average molecular weight is 397 g/mol. The van der Waals surface area contributed by atoms with E-state index >= 15 is 0 Å². The molecule has 0 spiro atoms. The lowest BCUT2D eigenvalue weighted by Crippen LogP contribution is -2.37. The van der Waals surface area contributed by atoms with E-state index in [2.05, 4.69) is 20.4 Å². The predicted octanol–water partition coefficient (Wildman–Crippen LogP) is 4.08. The smallest absolute Gasteiger partial charge is 0.389 e. The molecule has 0 saturated heterocycles. The zero-order chi connectivity index (χ0) is 20.3. The number of guanidine groups is 1. The van der Waals surface area contributed by atoms with Crippen molar-refractivity contribution in [2.24, 2.45) is 4.99 Å². The Hall–Kier alpha value is -2.26. The van der Waals surface area contributed by atoms with E-state index in [1.54, 1.807) is 19.1 Å². The summed E-state index contributed by atoms with van der Waals surface area (Å²) in [6.45, 7) is -0.573. The highest BCUT2D eigenvalue weighted by atomic mass is 19.4. The van der Waals surface area contributed by atoms with E-state index in [4.69, 9.17) is 4.74 Å². The maximum atomic E-state index is 12.7. The Balaban J connectivity index is 2.60. The van der Waals surface area contributed by atoms with E-state index in [1.165, 1.54) is 13.1 Å². The number of hydrogen-bond donors (Lipinski definition) is 2. The van der Waals surface area contributed by atoms with Crippen LogP contribution in [0.1, 0.15) is 31.7 Å². The monoisotopic (exact) mass is 397 g/mol. The maximum Gasteiger partial charge on any atom is 0.389 e. The van der Waals surface area contributed by atoms with Gasteiger partial charge < -0.3 is 20.1 Å². The summed E-state index contributed by atoms with van der Waals surface area (Å²) >= 11 is 0. The predicted molar refractivity (Wildman–Crippen MR) is 92.4 cm³/mol. The fourth-order valence-electron chi connectivity index (χ4n) is 2.25. The van der Waals surface area contributed by atoms with Gasteiger partial charge >= 0.3 is 12.8 Å². The van der Waals surface area contributed by atoms with Crippen LogP contribution < -0.4 is 20.1 Å². The SMILES string of the molecule is CCOc1cccc(CNC(=NC)NCCCCC(F)(F)F)c1OC(F)F. The lowest BCUT2D eigenvalue weighted by atomic mass is 10.2. The number of para-hydroxylation sites is 1. The molecule has 0 saturated carbocycles. The molecule has 0 fully saturated rings. The summed E-state index contributed by atoms with van der Waals surface area (Å²) in [6.07, 6.45) is -4.66. The maximum absolute atomic E-state index is 12.7. The highest BCUT2D eigenvalue weighted by Crippen LogP contribution is 2.32. The Morgan fingerprint density at radius 3 is 2.52 bits per heavy atom. The highest BCUT2D eigenvalue weighted by molar-refractivity contribution is 5.79. The fraction of sp³-hybridized carbons (Fsp3) is 0.588. The van der Waals surface area contributed by atoms with Crippen LogP contribution >= 0.6 is 0 Å². The Kier molecular flexibility index (Phi) is 9.66. The number of benzene rings is 1. The summed E-state index contributed by atoms with van der Waals surface area (Å²) in [7, 11) is 1.50. The van der Waals surface area contributed by atoms with Gasteiger partial charge in [0.15, 0.2) is 17.5 Å². The third kappa shape index (κ3) is 9.30. The van der Waals surface area contributed by atoms with Crippen LogP contribution in [-0.4, -0.2) is 38.9 Å². The van der Waals surface area contributed by atoms with Crippen molar-refractivity contribution in [3.05, 3.63) is 23.8 Å². The zero-order valence-electron chi connectivity index (χ0n) is 15.2. The average Bonchev–Trinajstić information content (AvgIpc) is 2.58. The van der Waals surface area contributed by atoms with E-state index in [0.29, 0.717) is 24.5 Å². The van der Waals surface area contributed by atoms with Crippen molar-refractivity contribution >= 4 is 5.96 Å². The second-order valence-corrected chi connectivity index (χ2v) is 5.48. The number of hydrogen-bond acceptors (Lipinski definition) is 3. The van der Waals surface area contributed by atoms with Gasteiger partial charge in [0.1, 0.15) is 0 Å². The largest absolute Gasteiger partial charge is 0.490 e. The van der Waals surface area contributed by atoms with Crippen molar-refractivity contribution in [3.63, 3.8) is 0 Å². The third-order valence-corrected chi connectivity index (χ3v) is 3.42. The molecule has 1 rings (SSSR count). The summed E-state index contributed by atoms with van der Waals surface area (Å²) in [6, 6.07) is 4.77. The fourth-order valence-corrected chi connectivity index (χ4v) is 2.25. The molecule has 0 aliphatic heterocycles. The Bertz CT molecular complexity index is 594. The second kappa shape index (κ2) is 11.5. The van der Waals surface area contributed by atoms with Gasteiger partial charge in [-0.05, 0) is 25.8 Å². The molecule has 0 atom stereocenters. The molecule has 2 N–H and O–H groups in total. The number of unbranched alkanes of at least 4 members (excludes halogenated alkanes) is 1. The molecule has 154 valence electrons. The number of halogens is 5. The van der Waals surface area contributed by atoms with Crippen molar-refractivity contribution < 1.29 is 31.4 Å². The molecular weight excluding hydrogens is 373 g/mol. The molecular formula is C17H24F5N3O2. The van der Waals surface area contributed by atoms with Crippen LogP contribution in [0.15, 0.2) is 23.2 Å². The lowest BCUT2D eigenvalue weighted by molar-refractivity contribution is -0.135. The molecule has 0 bridgehead atoms. The third-order valence-electron chi connectivity index (χ3n) is 3.42. The van der Waals surface area contributed by atoms with Crippen LogP contribution in [0.5, 0.6) is 11.5 Å². The molecule has 1 aromatic carbocycles. The van der Waals surface area contributed by atoms with E-state index in [9.17, 15) is 22.0 Å². The summed E-state index contributed by atoms with van der Waals surface area (Å²) in [5.41, 5.74) is 0.432.